The number of imide groups is 1. The molecule has 160 valence electrons. The van der Waals surface area contributed by atoms with E-state index in [1.165, 1.54) is 19.5 Å². The monoisotopic (exact) mass is 412 g/mol. The highest BCUT2D eigenvalue weighted by Gasteiger charge is 2.20. The Morgan fingerprint density at radius 2 is 1.57 bits per heavy atom. The van der Waals surface area contributed by atoms with Crippen molar-refractivity contribution in [1.29, 1.82) is 0 Å². The molecule has 2 aromatic rings. The van der Waals surface area contributed by atoms with Crippen molar-refractivity contribution >= 4 is 17.9 Å². The molecule has 30 heavy (non-hydrogen) atoms. The third kappa shape index (κ3) is 6.62. The van der Waals surface area contributed by atoms with Gasteiger partial charge in [0.1, 0.15) is 12.4 Å². The van der Waals surface area contributed by atoms with Crippen LogP contribution in [0.1, 0.15) is 49.2 Å². The molecule has 0 saturated carbocycles. The lowest BCUT2D eigenvalue weighted by Crippen LogP contribution is -2.43. The van der Waals surface area contributed by atoms with Crippen LogP contribution in [0.15, 0.2) is 48.5 Å². The van der Waals surface area contributed by atoms with Gasteiger partial charge in [-0.05, 0) is 47.7 Å². The second-order valence-corrected chi connectivity index (χ2v) is 7.88. The molecule has 3 amide bonds. The van der Waals surface area contributed by atoms with Crippen molar-refractivity contribution in [3.63, 3.8) is 0 Å². The highest BCUT2D eigenvalue weighted by molar-refractivity contribution is 5.98. The van der Waals surface area contributed by atoms with E-state index >= 15 is 0 Å². The van der Waals surface area contributed by atoms with Crippen LogP contribution in [0.3, 0.4) is 0 Å². The van der Waals surface area contributed by atoms with Crippen LogP contribution in [0.25, 0.3) is 0 Å². The summed E-state index contributed by atoms with van der Waals surface area (Å²) >= 11 is 0. The summed E-state index contributed by atoms with van der Waals surface area (Å²) in [5.74, 6) is -0.590. The Labute approximate surface area is 176 Å². The van der Waals surface area contributed by atoms with Crippen LogP contribution in [0.5, 0.6) is 5.75 Å². The number of esters is 1. The number of nitrogens with one attached hydrogen (secondary N) is 2. The first kappa shape index (κ1) is 22.9. The van der Waals surface area contributed by atoms with Gasteiger partial charge in [-0.3, -0.25) is 10.1 Å². The molecule has 2 aromatic carbocycles. The summed E-state index contributed by atoms with van der Waals surface area (Å²) in [5.41, 5.74) is 2.50. The van der Waals surface area contributed by atoms with Crippen LogP contribution in [0.2, 0.25) is 0 Å². The van der Waals surface area contributed by atoms with Crippen LogP contribution < -0.4 is 15.4 Å². The molecule has 0 unspecified atom stereocenters. The van der Waals surface area contributed by atoms with Gasteiger partial charge in [0, 0.05) is 7.05 Å². The van der Waals surface area contributed by atoms with Gasteiger partial charge in [0.05, 0.1) is 5.56 Å². The van der Waals surface area contributed by atoms with Gasteiger partial charge < -0.3 is 14.8 Å². The molecule has 0 bridgehead atoms. The Hall–Kier alpha value is -3.35. The quantitative estimate of drug-likeness (QED) is 0.708. The molecular weight excluding hydrogens is 384 g/mol. The Bertz CT molecular complexity index is 883. The Morgan fingerprint density at radius 3 is 2.10 bits per heavy atom. The van der Waals surface area contributed by atoms with E-state index in [0.717, 1.165) is 11.3 Å². The minimum absolute atomic E-state index is 0.0869. The van der Waals surface area contributed by atoms with Crippen molar-refractivity contribution in [2.75, 3.05) is 7.05 Å². The molecule has 0 fully saturated rings. The first-order chi connectivity index (χ1) is 14.1. The smallest absolute Gasteiger partial charge is 0.338 e. The summed E-state index contributed by atoms with van der Waals surface area (Å²) in [6.45, 7) is 8.22. The van der Waals surface area contributed by atoms with Gasteiger partial charge in [0.25, 0.3) is 5.91 Å². The summed E-state index contributed by atoms with van der Waals surface area (Å²) in [6.07, 6.45) is -1.10. The van der Waals surface area contributed by atoms with Crippen molar-refractivity contribution in [1.82, 2.24) is 10.6 Å². The molecule has 0 aliphatic heterocycles. The molecule has 7 nitrogen and oxygen atoms in total. The van der Waals surface area contributed by atoms with E-state index in [2.05, 4.69) is 43.5 Å². The van der Waals surface area contributed by atoms with Gasteiger partial charge in [-0.15, -0.1) is 0 Å². The highest BCUT2D eigenvalue weighted by atomic mass is 16.5. The van der Waals surface area contributed by atoms with Crippen LogP contribution in [0, 0.1) is 0 Å². The standard InChI is InChI=1S/C23H28N2O5/c1-15(20(26)25-22(28)24-5)30-21(27)17-8-6-16(7-9-17)14-29-19-12-10-18(11-13-19)23(2,3)4/h6-13,15H,14H2,1-5H3,(H2,24,25,26,28)/t15-/m0/s1. The van der Waals surface area contributed by atoms with Crippen LogP contribution in [-0.4, -0.2) is 31.1 Å². The number of urea groups is 1. The summed E-state index contributed by atoms with van der Waals surface area (Å²) in [6, 6.07) is 14.0. The summed E-state index contributed by atoms with van der Waals surface area (Å²) in [5, 5.41) is 4.31. The zero-order valence-corrected chi connectivity index (χ0v) is 17.9. The SMILES string of the molecule is CNC(=O)NC(=O)[C@H](C)OC(=O)c1ccc(COc2ccc(C(C)(C)C)cc2)cc1. The van der Waals surface area contributed by atoms with Gasteiger partial charge in [0.15, 0.2) is 6.10 Å². The average Bonchev–Trinajstić information content (AvgIpc) is 2.72. The van der Waals surface area contributed by atoms with Crippen molar-refractivity contribution in [2.45, 2.75) is 45.8 Å². The van der Waals surface area contributed by atoms with E-state index in [-0.39, 0.29) is 5.41 Å². The van der Waals surface area contributed by atoms with Crippen LogP contribution in [-0.2, 0) is 21.6 Å². The molecule has 2 rings (SSSR count). The van der Waals surface area contributed by atoms with Gasteiger partial charge >= 0.3 is 12.0 Å². The molecule has 7 heteroatoms. The molecule has 0 heterocycles. The molecule has 2 N–H and O–H groups in total. The van der Waals surface area contributed by atoms with Crippen molar-refractivity contribution in [2.24, 2.45) is 0 Å². The number of carbonyl (C=O) groups excluding carboxylic acids is 3. The van der Waals surface area contributed by atoms with Crippen LogP contribution in [0.4, 0.5) is 4.79 Å². The molecule has 0 aromatic heterocycles. The predicted molar refractivity (Wildman–Crippen MR) is 113 cm³/mol. The zero-order valence-electron chi connectivity index (χ0n) is 17.9. The fourth-order valence-corrected chi connectivity index (χ4v) is 2.51. The molecule has 0 saturated heterocycles. The molecule has 0 aliphatic carbocycles. The van der Waals surface area contributed by atoms with E-state index < -0.39 is 24.0 Å². The van der Waals surface area contributed by atoms with E-state index in [1.807, 2.05) is 12.1 Å². The molecular formula is C23H28N2O5. The maximum absolute atomic E-state index is 12.2. The summed E-state index contributed by atoms with van der Waals surface area (Å²) in [4.78, 5) is 35.1. The number of benzene rings is 2. The lowest BCUT2D eigenvalue weighted by molar-refractivity contribution is -0.127. The Balaban J connectivity index is 1.89. The summed E-state index contributed by atoms with van der Waals surface area (Å²) < 4.78 is 10.9. The number of ether oxygens (including phenoxy) is 2. The number of hydrogen-bond donors (Lipinski definition) is 2. The van der Waals surface area contributed by atoms with Gasteiger partial charge in [-0.25, -0.2) is 9.59 Å². The second-order valence-electron chi connectivity index (χ2n) is 7.88. The number of hydrogen-bond acceptors (Lipinski definition) is 5. The fourth-order valence-electron chi connectivity index (χ4n) is 2.51. The second kappa shape index (κ2) is 9.91. The van der Waals surface area contributed by atoms with E-state index in [4.69, 9.17) is 9.47 Å². The normalized spacial score (nSPS) is 11.9. The molecule has 0 aliphatic rings. The first-order valence-corrected chi connectivity index (χ1v) is 9.66. The first-order valence-electron chi connectivity index (χ1n) is 9.66. The highest BCUT2D eigenvalue weighted by Crippen LogP contribution is 2.24. The zero-order chi connectivity index (χ0) is 22.3. The van der Waals surface area contributed by atoms with E-state index in [0.29, 0.717) is 12.2 Å². The predicted octanol–water partition coefficient (Wildman–Crippen LogP) is 3.56. The Kier molecular flexibility index (Phi) is 7.58. The number of amides is 3. The lowest BCUT2D eigenvalue weighted by atomic mass is 9.87. The molecule has 0 spiro atoms. The number of rotatable bonds is 6. The third-order valence-electron chi connectivity index (χ3n) is 4.43. The van der Waals surface area contributed by atoms with Gasteiger partial charge in [0.2, 0.25) is 0 Å². The number of carbonyl (C=O) groups is 3. The minimum atomic E-state index is -1.10. The fraction of sp³-hybridized carbons (Fsp3) is 0.348. The maximum Gasteiger partial charge on any atom is 0.338 e. The molecule has 0 radical (unpaired) electrons. The third-order valence-corrected chi connectivity index (χ3v) is 4.43. The minimum Gasteiger partial charge on any atom is -0.489 e. The van der Waals surface area contributed by atoms with Crippen molar-refractivity contribution in [3.8, 4) is 5.75 Å². The van der Waals surface area contributed by atoms with E-state index in [1.54, 1.807) is 24.3 Å². The van der Waals surface area contributed by atoms with Crippen LogP contribution >= 0.6 is 0 Å². The van der Waals surface area contributed by atoms with Gasteiger partial charge in [-0.2, -0.15) is 0 Å². The largest absolute Gasteiger partial charge is 0.489 e. The average molecular weight is 412 g/mol. The topological polar surface area (TPSA) is 93.7 Å². The van der Waals surface area contributed by atoms with Crippen molar-refractivity contribution < 1.29 is 23.9 Å². The van der Waals surface area contributed by atoms with Gasteiger partial charge in [-0.1, -0.05) is 45.0 Å². The maximum atomic E-state index is 12.2. The summed E-state index contributed by atoms with van der Waals surface area (Å²) in [7, 11) is 1.38. The molecule has 1 atom stereocenters. The lowest BCUT2D eigenvalue weighted by Gasteiger charge is -2.19. The Morgan fingerprint density at radius 1 is 0.967 bits per heavy atom. The van der Waals surface area contributed by atoms with Crippen molar-refractivity contribution in [3.05, 3.63) is 65.2 Å². The van der Waals surface area contributed by atoms with E-state index in [9.17, 15) is 14.4 Å².